The van der Waals surface area contributed by atoms with E-state index in [4.69, 9.17) is 5.11 Å². The zero-order chi connectivity index (χ0) is 18.8. The molecular weight excluding hydrogens is 320 g/mol. The summed E-state index contributed by atoms with van der Waals surface area (Å²) in [5.74, 6) is 1.26. The molecule has 0 aliphatic rings. The van der Waals surface area contributed by atoms with Crippen LogP contribution in [0.1, 0.15) is 133 Å². The van der Waals surface area contributed by atoms with Gasteiger partial charge in [0.15, 0.2) is 0 Å². The average Bonchev–Trinajstić information content (AvgIpc) is 2.59. The number of hydrogen-bond acceptors (Lipinski definition) is 1. The first kappa shape index (κ1) is 33.1. The number of hydrogen-bond donors (Lipinski definition) is 1. The van der Waals surface area contributed by atoms with E-state index in [1.165, 1.54) is 51.4 Å². The van der Waals surface area contributed by atoms with Gasteiger partial charge in [-0.05, 0) is 24.7 Å². The fourth-order valence-corrected chi connectivity index (χ4v) is 3.43. The quantitative estimate of drug-likeness (QED) is 0.329. The van der Waals surface area contributed by atoms with E-state index in [0.717, 1.165) is 37.5 Å². The first-order valence-electron chi connectivity index (χ1n) is 10.7. The molecule has 26 heavy (non-hydrogen) atoms. The first-order chi connectivity index (χ1) is 11.5. The summed E-state index contributed by atoms with van der Waals surface area (Å²) >= 11 is 0. The largest absolute Gasteiger partial charge is 0.481 e. The summed E-state index contributed by atoms with van der Waals surface area (Å²) in [6.07, 6.45) is 15.0. The van der Waals surface area contributed by atoms with E-state index >= 15 is 0 Å². The molecule has 0 radical (unpaired) electrons. The Morgan fingerprint density at radius 3 is 1.23 bits per heavy atom. The number of aliphatic carboxylic acids is 1. The van der Waals surface area contributed by atoms with Gasteiger partial charge in [-0.3, -0.25) is 4.79 Å². The summed E-state index contributed by atoms with van der Waals surface area (Å²) in [4.78, 5) is 10.4. The summed E-state index contributed by atoms with van der Waals surface area (Å²) in [6.45, 7) is 13.4. The predicted molar refractivity (Wildman–Crippen MR) is 121 cm³/mol. The number of carboxylic acid groups (broad SMARTS) is 1. The minimum absolute atomic E-state index is 0. The van der Waals surface area contributed by atoms with Crippen LogP contribution in [0.25, 0.3) is 0 Å². The lowest BCUT2D eigenvalue weighted by Gasteiger charge is -2.25. The van der Waals surface area contributed by atoms with Gasteiger partial charge in [0.25, 0.3) is 0 Å². The third-order valence-electron chi connectivity index (χ3n) is 5.32. The molecule has 0 spiro atoms. The van der Waals surface area contributed by atoms with E-state index in [2.05, 4.69) is 34.6 Å². The Hall–Kier alpha value is -0.530. The number of rotatable bonds is 14. The molecule has 0 aromatic carbocycles. The van der Waals surface area contributed by atoms with Crippen LogP contribution in [-0.4, -0.2) is 11.1 Å². The topological polar surface area (TPSA) is 37.3 Å². The molecule has 1 N–H and O–H groups in total. The smallest absolute Gasteiger partial charge is 0.306 e. The van der Waals surface area contributed by atoms with Crippen molar-refractivity contribution in [1.29, 1.82) is 0 Å². The van der Waals surface area contributed by atoms with Crippen LogP contribution < -0.4 is 0 Å². The zero-order valence-corrected chi connectivity index (χ0v) is 17.6. The molecule has 2 heteroatoms. The van der Waals surface area contributed by atoms with Crippen LogP contribution in [0.5, 0.6) is 0 Å². The van der Waals surface area contributed by atoms with Crippen molar-refractivity contribution in [3.63, 3.8) is 0 Å². The van der Waals surface area contributed by atoms with Crippen LogP contribution in [-0.2, 0) is 4.79 Å². The fraction of sp³-hybridized carbons (Fsp3) is 0.958. The summed E-state index contributed by atoms with van der Waals surface area (Å²) in [5, 5.41) is 8.60. The molecule has 0 saturated carbocycles. The lowest BCUT2D eigenvalue weighted by Crippen LogP contribution is -2.13. The molecule has 0 aromatic rings. The zero-order valence-electron chi connectivity index (χ0n) is 17.6. The van der Waals surface area contributed by atoms with Gasteiger partial charge in [-0.15, -0.1) is 0 Å². The van der Waals surface area contributed by atoms with Gasteiger partial charge in [0.2, 0.25) is 0 Å². The average molecular weight is 375 g/mol. The van der Waals surface area contributed by atoms with Crippen LogP contribution >= 0.6 is 0 Å². The molecule has 0 aliphatic carbocycles. The molecule has 0 rings (SSSR count). The van der Waals surface area contributed by atoms with Crippen molar-refractivity contribution in [2.75, 3.05) is 0 Å². The van der Waals surface area contributed by atoms with Crippen molar-refractivity contribution in [2.45, 2.75) is 133 Å². The van der Waals surface area contributed by atoms with Crippen LogP contribution in [0.3, 0.4) is 0 Å². The van der Waals surface area contributed by atoms with Crippen molar-refractivity contribution in [3.8, 4) is 0 Å². The molecule has 0 heterocycles. The van der Waals surface area contributed by atoms with Gasteiger partial charge in [0.1, 0.15) is 0 Å². The van der Waals surface area contributed by atoms with Crippen LogP contribution in [0.4, 0.5) is 0 Å². The second-order valence-electron chi connectivity index (χ2n) is 7.21. The molecule has 162 valence electrons. The van der Waals surface area contributed by atoms with Gasteiger partial charge >= 0.3 is 5.97 Å². The third kappa shape index (κ3) is 18.3. The predicted octanol–water partition coefficient (Wildman–Crippen LogP) is 8.98. The molecule has 3 atom stereocenters. The molecule has 0 aromatic heterocycles. The Labute approximate surface area is 167 Å². The summed E-state index contributed by atoms with van der Waals surface area (Å²) in [6, 6.07) is 0. The number of unbranched alkanes of at least 4 members (excludes halogenated alkanes) is 3. The second kappa shape index (κ2) is 24.5. The van der Waals surface area contributed by atoms with Crippen molar-refractivity contribution >= 4 is 5.97 Å². The number of carbonyl (C=O) groups is 1. The SMILES string of the molecule is C.C.CCCCC(CC)C(=O)O.CCCCC(CC)C(CC)CCCC. The third-order valence-corrected chi connectivity index (χ3v) is 5.32. The highest BCUT2D eigenvalue weighted by Gasteiger charge is 2.16. The van der Waals surface area contributed by atoms with E-state index in [0.29, 0.717) is 0 Å². The molecule has 0 fully saturated rings. The molecular formula is C24H54O2. The number of carboxylic acids is 1. The lowest BCUT2D eigenvalue weighted by molar-refractivity contribution is -0.142. The Morgan fingerprint density at radius 2 is 1.00 bits per heavy atom. The molecule has 3 unspecified atom stereocenters. The fourth-order valence-electron chi connectivity index (χ4n) is 3.43. The maximum absolute atomic E-state index is 10.4. The molecule has 2 nitrogen and oxygen atoms in total. The maximum atomic E-state index is 10.4. The van der Waals surface area contributed by atoms with E-state index in [-0.39, 0.29) is 20.8 Å². The van der Waals surface area contributed by atoms with E-state index in [9.17, 15) is 4.79 Å². The van der Waals surface area contributed by atoms with Gasteiger partial charge in [-0.1, -0.05) is 121 Å². The summed E-state index contributed by atoms with van der Waals surface area (Å²) < 4.78 is 0. The van der Waals surface area contributed by atoms with Gasteiger partial charge < -0.3 is 5.11 Å². The Bertz CT molecular complexity index is 249. The summed E-state index contributed by atoms with van der Waals surface area (Å²) in [5.41, 5.74) is 0. The summed E-state index contributed by atoms with van der Waals surface area (Å²) in [7, 11) is 0. The molecule has 0 aliphatic heterocycles. The minimum atomic E-state index is -0.643. The Kier molecular flexibility index (Phi) is 31.1. The van der Waals surface area contributed by atoms with Crippen molar-refractivity contribution < 1.29 is 9.90 Å². The highest BCUT2D eigenvalue weighted by atomic mass is 16.4. The lowest BCUT2D eigenvalue weighted by atomic mass is 9.81. The van der Waals surface area contributed by atoms with E-state index in [1.807, 2.05) is 6.92 Å². The van der Waals surface area contributed by atoms with Crippen LogP contribution in [0.2, 0.25) is 0 Å². The van der Waals surface area contributed by atoms with Crippen LogP contribution in [0.15, 0.2) is 0 Å². The molecule has 0 bridgehead atoms. The van der Waals surface area contributed by atoms with Crippen molar-refractivity contribution in [1.82, 2.24) is 0 Å². The van der Waals surface area contributed by atoms with Crippen molar-refractivity contribution in [3.05, 3.63) is 0 Å². The van der Waals surface area contributed by atoms with E-state index in [1.54, 1.807) is 0 Å². The Balaban J connectivity index is -0.000000181. The highest BCUT2D eigenvalue weighted by molar-refractivity contribution is 5.69. The van der Waals surface area contributed by atoms with Crippen LogP contribution in [0, 0.1) is 17.8 Å². The molecule has 0 saturated heterocycles. The van der Waals surface area contributed by atoms with Gasteiger partial charge in [0.05, 0.1) is 5.92 Å². The minimum Gasteiger partial charge on any atom is -0.481 e. The monoisotopic (exact) mass is 374 g/mol. The maximum Gasteiger partial charge on any atom is 0.306 e. The van der Waals surface area contributed by atoms with Gasteiger partial charge in [0, 0.05) is 0 Å². The first-order valence-corrected chi connectivity index (χ1v) is 10.7. The Morgan fingerprint density at radius 1 is 0.654 bits per heavy atom. The standard InChI is InChI=1S/C14H30.C8H16O2.2CH4/c1-5-9-11-13(7-3)14(8-4)12-10-6-2;1-3-5-6-7(4-2)8(9)10;;/h13-14H,5-12H2,1-4H3;7H,3-6H2,1-2H3,(H,9,10);2*1H4. The van der Waals surface area contributed by atoms with E-state index < -0.39 is 5.97 Å². The second-order valence-corrected chi connectivity index (χ2v) is 7.21. The van der Waals surface area contributed by atoms with Crippen molar-refractivity contribution in [2.24, 2.45) is 17.8 Å². The van der Waals surface area contributed by atoms with Gasteiger partial charge in [-0.2, -0.15) is 0 Å². The molecule has 0 amide bonds. The van der Waals surface area contributed by atoms with Gasteiger partial charge in [-0.25, -0.2) is 0 Å². The highest BCUT2D eigenvalue weighted by Crippen LogP contribution is 2.28. The normalized spacial score (nSPS) is 13.3.